The molecule has 0 aliphatic rings. The predicted octanol–water partition coefficient (Wildman–Crippen LogP) is 1.96. The maximum atomic E-state index is 11.8. The molecule has 0 bridgehead atoms. The first kappa shape index (κ1) is 14.4. The number of nitrogens with zero attached hydrogens (tertiary/aromatic N) is 4. The van der Waals surface area contributed by atoms with E-state index in [9.17, 15) is 4.79 Å². The first-order chi connectivity index (χ1) is 8.70. The number of esters is 1. The van der Waals surface area contributed by atoms with Crippen molar-refractivity contribution in [3.05, 3.63) is 26.5 Å². The summed E-state index contributed by atoms with van der Waals surface area (Å²) in [5.74, 6) is -0.342. The van der Waals surface area contributed by atoms with Crippen molar-refractivity contribution in [1.29, 1.82) is 0 Å². The molecule has 1 unspecified atom stereocenters. The fourth-order valence-electron chi connectivity index (χ4n) is 1.40. The van der Waals surface area contributed by atoms with E-state index in [1.54, 1.807) is 12.4 Å². The minimum absolute atomic E-state index is 0.282. The number of rotatable bonds is 7. The van der Waals surface area contributed by atoms with Gasteiger partial charge in [-0.15, -0.1) is 11.3 Å². The molecule has 1 rings (SSSR count). The van der Waals surface area contributed by atoms with E-state index in [-0.39, 0.29) is 12.5 Å². The molecular formula is C10H15N5O2S. The summed E-state index contributed by atoms with van der Waals surface area (Å²) in [7, 11) is 0. The number of nitrogens with one attached hydrogen (secondary N) is 1. The molecule has 0 aromatic carbocycles. The lowest BCUT2D eigenvalue weighted by Gasteiger charge is -2.15. The van der Waals surface area contributed by atoms with Crippen molar-refractivity contribution >= 4 is 17.3 Å². The maximum absolute atomic E-state index is 11.8. The minimum Gasteiger partial charge on any atom is -0.465 e. The van der Waals surface area contributed by atoms with Gasteiger partial charge < -0.3 is 4.74 Å². The molecule has 0 spiro atoms. The highest BCUT2D eigenvalue weighted by Gasteiger charge is 2.24. The Kier molecular flexibility index (Phi) is 6.13. The van der Waals surface area contributed by atoms with E-state index in [4.69, 9.17) is 10.3 Å². The zero-order valence-corrected chi connectivity index (χ0v) is 11.1. The zero-order valence-electron chi connectivity index (χ0n) is 10.3. The molecule has 0 amide bonds. The van der Waals surface area contributed by atoms with Gasteiger partial charge in [0.2, 0.25) is 0 Å². The summed E-state index contributed by atoms with van der Waals surface area (Å²) >= 11 is 1.40. The SMILES string of the molecule is CCOC(=O)C(NCCN=[N+]=[N-])c1scnc1C. The standard InChI is InChI=1S/C10H15N5O2S/c1-3-17-10(16)8(12-4-5-14-15-11)9-7(2)13-6-18-9/h6,8,12H,3-5H2,1-2H3. The van der Waals surface area contributed by atoms with Crippen LogP contribution >= 0.6 is 11.3 Å². The molecule has 18 heavy (non-hydrogen) atoms. The highest BCUT2D eigenvalue weighted by atomic mass is 32.1. The molecule has 98 valence electrons. The molecule has 0 aliphatic carbocycles. The summed E-state index contributed by atoms with van der Waals surface area (Å²) in [4.78, 5) is 19.4. The van der Waals surface area contributed by atoms with Gasteiger partial charge >= 0.3 is 5.97 Å². The largest absolute Gasteiger partial charge is 0.465 e. The van der Waals surface area contributed by atoms with Crippen LogP contribution in [0.25, 0.3) is 10.4 Å². The number of hydrogen-bond acceptors (Lipinski definition) is 6. The fourth-order valence-corrected chi connectivity index (χ4v) is 2.26. The van der Waals surface area contributed by atoms with Crippen LogP contribution in [0.15, 0.2) is 10.6 Å². The number of hydrogen-bond donors (Lipinski definition) is 1. The molecule has 1 atom stereocenters. The smallest absolute Gasteiger partial charge is 0.328 e. The van der Waals surface area contributed by atoms with Crippen LogP contribution < -0.4 is 5.32 Å². The van der Waals surface area contributed by atoms with Crippen LogP contribution in [0.5, 0.6) is 0 Å². The van der Waals surface area contributed by atoms with Crippen LogP contribution in [0.2, 0.25) is 0 Å². The van der Waals surface area contributed by atoms with Gasteiger partial charge in [0.1, 0.15) is 6.04 Å². The summed E-state index contributed by atoms with van der Waals surface area (Å²) in [5, 5.41) is 6.42. The van der Waals surface area contributed by atoms with E-state index in [0.717, 1.165) is 10.6 Å². The van der Waals surface area contributed by atoms with Gasteiger partial charge in [0.15, 0.2) is 0 Å². The summed E-state index contributed by atoms with van der Waals surface area (Å²) in [6.07, 6.45) is 0. The first-order valence-electron chi connectivity index (χ1n) is 5.51. The molecule has 0 saturated heterocycles. The minimum atomic E-state index is -0.550. The molecule has 7 nitrogen and oxygen atoms in total. The van der Waals surface area contributed by atoms with Crippen LogP contribution in [0.1, 0.15) is 23.5 Å². The monoisotopic (exact) mass is 269 g/mol. The Bertz CT molecular complexity index is 441. The molecule has 8 heteroatoms. The highest BCUT2D eigenvalue weighted by Crippen LogP contribution is 2.22. The lowest BCUT2D eigenvalue weighted by molar-refractivity contribution is -0.145. The number of carbonyl (C=O) groups is 1. The molecule has 1 aromatic rings. The van der Waals surface area contributed by atoms with E-state index in [1.165, 1.54) is 11.3 Å². The molecule has 1 aromatic heterocycles. The van der Waals surface area contributed by atoms with Crippen molar-refractivity contribution in [1.82, 2.24) is 10.3 Å². The molecule has 1 heterocycles. The Balaban J connectivity index is 2.72. The van der Waals surface area contributed by atoms with Crippen LogP contribution in [-0.2, 0) is 9.53 Å². The second-order valence-corrected chi connectivity index (χ2v) is 4.28. The van der Waals surface area contributed by atoms with E-state index < -0.39 is 6.04 Å². The lowest BCUT2D eigenvalue weighted by Crippen LogP contribution is -2.31. The molecule has 0 radical (unpaired) electrons. The molecule has 0 fully saturated rings. The Hall–Kier alpha value is -1.63. The van der Waals surface area contributed by atoms with Gasteiger partial charge in [-0.3, -0.25) is 5.32 Å². The third kappa shape index (κ3) is 3.99. The van der Waals surface area contributed by atoms with Crippen LogP contribution in [0.3, 0.4) is 0 Å². The Morgan fingerprint density at radius 3 is 3.11 bits per heavy atom. The fraction of sp³-hybridized carbons (Fsp3) is 0.600. The number of thiazole rings is 1. The summed E-state index contributed by atoms with van der Waals surface area (Å²) < 4.78 is 5.01. The predicted molar refractivity (Wildman–Crippen MR) is 68.2 cm³/mol. The number of ether oxygens (including phenoxy) is 1. The van der Waals surface area contributed by atoms with Gasteiger partial charge in [-0.2, -0.15) is 0 Å². The number of carbonyl (C=O) groups excluding carboxylic acids is 1. The molecular weight excluding hydrogens is 254 g/mol. The average molecular weight is 269 g/mol. The highest BCUT2D eigenvalue weighted by molar-refractivity contribution is 7.10. The average Bonchev–Trinajstić information content (AvgIpc) is 2.76. The van der Waals surface area contributed by atoms with E-state index >= 15 is 0 Å². The lowest BCUT2D eigenvalue weighted by atomic mass is 10.2. The third-order valence-electron chi connectivity index (χ3n) is 2.19. The summed E-state index contributed by atoms with van der Waals surface area (Å²) in [5.41, 5.74) is 10.7. The second-order valence-electron chi connectivity index (χ2n) is 3.40. The third-order valence-corrected chi connectivity index (χ3v) is 3.19. The molecule has 0 aliphatic heterocycles. The number of azide groups is 1. The van der Waals surface area contributed by atoms with Crippen LogP contribution in [-0.4, -0.2) is 30.6 Å². The molecule has 1 N–H and O–H groups in total. The summed E-state index contributed by atoms with van der Waals surface area (Å²) in [6, 6.07) is -0.550. The van der Waals surface area contributed by atoms with Crippen molar-refractivity contribution in [3.63, 3.8) is 0 Å². The molecule has 0 saturated carbocycles. The van der Waals surface area contributed by atoms with E-state index in [2.05, 4.69) is 20.3 Å². The van der Waals surface area contributed by atoms with Crippen molar-refractivity contribution in [2.75, 3.05) is 19.7 Å². The quantitative estimate of drug-likeness (QED) is 0.269. The number of aryl methyl sites for hydroxylation is 1. The van der Waals surface area contributed by atoms with Gasteiger partial charge in [0.05, 0.1) is 22.7 Å². The Morgan fingerprint density at radius 2 is 2.56 bits per heavy atom. The normalized spacial score (nSPS) is 11.7. The van der Waals surface area contributed by atoms with Crippen molar-refractivity contribution < 1.29 is 9.53 Å². The van der Waals surface area contributed by atoms with Gasteiger partial charge in [-0.25, -0.2) is 9.78 Å². The topological polar surface area (TPSA) is 100.0 Å². The summed E-state index contributed by atoms with van der Waals surface area (Å²) in [6.45, 7) is 4.61. The number of aromatic nitrogens is 1. The zero-order chi connectivity index (χ0) is 13.4. The van der Waals surface area contributed by atoms with E-state index in [1.807, 2.05) is 6.92 Å². The van der Waals surface area contributed by atoms with Crippen LogP contribution in [0, 0.1) is 6.92 Å². The van der Waals surface area contributed by atoms with Crippen LogP contribution in [0.4, 0.5) is 0 Å². The van der Waals surface area contributed by atoms with Crippen molar-refractivity contribution in [2.45, 2.75) is 19.9 Å². The van der Waals surface area contributed by atoms with Gasteiger partial charge in [0.25, 0.3) is 0 Å². The first-order valence-corrected chi connectivity index (χ1v) is 6.39. The van der Waals surface area contributed by atoms with E-state index in [0.29, 0.717) is 13.2 Å². The second kappa shape index (κ2) is 7.65. The van der Waals surface area contributed by atoms with Crippen molar-refractivity contribution in [3.8, 4) is 0 Å². The van der Waals surface area contributed by atoms with Gasteiger partial charge in [-0.05, 0) is 19.4 Å². The Morgan fingerprint density at radius 1 is 1.78 bits per heavy atom. The maximum Gasteiger partial charge on any atom is 0.328 e. The van der Waals surface area contributed by atoms with Crippen molar-refractivity contribution in [2.24, 2.45) is 5.11 Å². The Labute approximate surface area is 109 Å². The van der Waals surface area contributed by atoms with Gasteiger partial charge in [0, 0.05) is 18.0 Å². The van der Waals surface area contributed by atoms with Gasteiger partial charge in [-0.1, -0.05) is 5.11 Å².